The highest BCUT2D eigenvalue weighted by molar-refractivity contribution is 6.30. The van der Waals surface area contributed by atoms with Crippen molar-refractivity contribution in [1.82, 2.24) is 9.97 Å². The Morgan fingerprint density at radius 2 is 2.07 bits per heavy atom. The summed E-state index contributed by atoms with van der Waals surface area (Å²) in [6.07, 6.45) is 5.52. The van der Waals surface area contributed by atoms with E-state index in [-0.39, 0.29) is 6.61 Å². The molecule has 0 spiro atoms. The van der Waals surface area contributed by atoms with E-state index in [1.807, 2.05) is 4.90 Å². The molecule has 14 heavy (non-hydrogen) atoms. The molecule has 0 aliphatic carbocycles. The van der Waals surface area contributed by atoms with Gasteiger partial charge in [-0.25, -0.2) is 9.97 Å². The van der Waals surface area contributed by atoms with E-state index in [0.29, 0.717) is 10.7 Å². The molecule has 0 radical (unpaired) electrons. The maximum atomic E-state index is 9.15. The van der Waals surface area contributed by atoms with Crippen LogP contribution in [0.5, 0.6) is 0 Å². The Labute approximate surface area is 86.9 Å². The highest BCUT2D eigenvalue weighted by atomic mass is 35.5. The minimum absolute atomic E-state index is 0.133. The van der Waals surface area contributed by atoms with E-state index in [9.17, 15) is 0 Å². The Kier molecular flexibility index (Phi) is 2.65. The van der Waals surface area contributed by atoms with Crippen molar-refractivity contribution in [3.63, 3.8) is 0 Å². The van der Waals surface area contributed by atoms with Crippen molar-refractivity contribution in [3.05, 3.63) is 29.2 Å². The lowest BCUT2D eigenvalue weighted by Crippen LogP contribution is -2.21. The Hall–Kier alpha value is -1.13. The van der Waals surface area contributed by atoms with E-state index < -0.39 is 0 Å². The molecule has 0 saturated heterocycles. The van der Waals surface area contributed by atoms with Gasteiger partial charge in [-0.15, -0.1) is 0 Å². The van der Waals surface area contributed by atoms with E-state index in [1.54, 1.807) is 0 Å². The van der Waals surface area contributed by atoms with E-state index in [2.05, 4.69) is 22.1 Å². The van der Waals surface area contributed by atoms with E-state index >= 15 is 0 Å². The van der Waals surface area contributed by atoms with Crippen LogP contribution in [0.2, 0.25) is 5.15 Å². The third kappa shape index (κ3) is 1.58. The fraction of sp³-hybridized carbons (Fsp3) is 0.333. The van der Waals surface area contributed by atoms with Crippen LogP contribution in [0.4, 0.5) is 5.82 Å². The first-order valence-corrected chi connectivity index (χ1v) is 4.71. The standard InChI is InChI=1S/C9H10ClN3O/c10-8-7(5-14)9(12-6-11-8)13-3-1-2-4-13/h1-2,6,14H,3-5H2. The summed E-state index contributed by atoms with van der Waals surface area (Å²) >= 11 is 5.85. The maximum absolute atomic E-state index is 9.15. The largest absolute Gasteiger partial charge is 0.391 e. The second kappa shape index (κ2) is 3.94. The van der Waals surface area contributed by atoms with Crippen molar-refractivity contribution in [1.29, 1.82) is 0 Å². The molecule has 2 heterocycles. The van der Waals surface area contributed by atoms with Crippen LogP contribution in [0, 0.1) is 0 Å². The van der Waals surface area contributed by atoms with Crippen LogP contribution < -0.4 is 4.90 Å². The number of aliphatic hydroxyl groups is 1. The van der Waals surface area contributed by atoms with Crippen LogP contribution in [0.3, 0.4) is 0 Å². The third-order valence-corrected chi connectivity index (χ3v) is 2.47. The topological polar surface area (TPSA) is 49.3 Å². The van der Waals surface area contributed by atoms with E-state index in [4.69, 9.17) is 16.7 Å². The molecule has 1 aromatic rings. The van der Waals surface area contributed by atoms with Crippen molar-refractivity contribution in [2.24, 2.45) is 0 Å². The summed E-state index contributed by atoms with van der Waals surface area (Å²) in [7, 11) is 0. The number of hydrogen-bond donors (Lipinski definition) is 1. The molecule has 4 nitrogen and oxygen atoms in total. The first-order chi connectivity index (χ1) is 6.83. The summed E-state index contributed by atoms with van der Waals surface area (Å²) in [4.78, 5) is 9.98. The Morgan fingerprint density at radius 1 is 1.36 bits per heavy atom. The van der Waals surface area contributed by atoms with E-state index in [1.165, 1.54) is 6.33 Å². The Balaban J connectivity index is 2.36. The highest BCUT2D eigenvalue weighted by Crippen LogP contribution is 2.24. The van der Waals surface area contributed by atoms with Gasteiger partial charge in [-0.3, -0.25) is 0 Å². The highest BCUT2D eigenvalue weighted by Gasteiger charge is 2.15. The van der Waals surface area contributed by atoms with Gasteiger partial charge in [-0.1, -0.05) is 23.8 Å². The number of halogens is 1. The molecule has 0 aromatic carbocycles. The lowest BCUT2D eigenvalue weighted by molar-refractivity contribution is 0.281. The molecule has 74 valence electrons. The zero-order valence-electron chi connectivity index (χ0n) is 7.52. The normalized spacial score (nSPS) is 15.1. The molecule has 1 N–H and O–H groups in total. The molecule has 1 aliphatic heterocycles. The number of hydrogen-bond acceptors (Lipinski definition) is 4. The SMILES string of the molecule is OCc1c(Cl)ncnc1N1CC=CC1. The van der Waals surface area contributed by atoms with Gasteiger partial charge in [0.1, 0.15) is 17.3 Å². The van der Waals surface area contributed by atoms with Gasteiger partial charge in [-0.2, -0.15) is 0 Å². The van der Waals surface area contributed by atoms with Crippen LogP contribution >= 0.6 is 11.6 Å². The van der Waals surface area contributed by atoms with Crippen molar-refractivity contribution < 1.29 is 5.11 Å². The predicted octanol–water partition coefficient (Wildman–Crippen LogP) is 0.999. The third-order valence-electron chi connectivity index (χ3n) is 2.15. The molecule has 0 amide bonds. The lowest BCUT2D eigenvalue weighted by Gasteiger charge is -2.19. The van der Waals surface area contributed by atoms with Gasteiger partial charge in [-0.05, 0) is 0 Å². The van der Waals surface area contributed by atoms with Crippen molar-refractivity contribution in [3.8, 4) is 0 Å². The molecule has 5 heteroatoms. The summed E-state index contributed by atoms with van der Waals surface area (Å²) < 4.78 is 0. The van der Waals surface area contributed by atoms with Crippen LogP contribution in [0.15, 0.2) is 18.5 Å². The molecule has 2 rings (SSSR count). The molecule has 0 bridgehead atoms. The quantitative estimate of drug-likeness (QED) is 0.586. The number of aromatic nitrogens is 2. The van der Waals surface area contributed by atoms with Crippen LogP contribution in [-0.2, 0) is 6.61 Å². The summed E-state index contributed by atoms with van der Waals surface area (Å²) in [5.41, 5.74) is 0.595. The summed E-state index contributed by atoms with van der Waals surface area (Å²) in [6.45, 7) is 1.48. The Morgan fingerprint density at radius 3 is 2.71 bits per heavy atom. The van der Waals surface area contributed by atoms with Crippen molar-refractivity contribution in [2.75, 3.05) is 18.0 Å². The predicted molar refractivity (Wildman–Crippen MR) is 54.3 cm³/mol. The van der Waals surface area contributed by atoms with E-state index in [0.717, 1.165) is 18.9 Å². The Bertz CT molecular complexity index is 359. The fourth-order valence-corrected chi connectivity index (χ4v) is 1.63. The first-order valence-electron chi connectivity index (χ1n) is 4.33. The fourth-order valence-electron chi connectivity index (χ4n) is 1.44. The molecule has 0 fully saturated rings. The smallest absolute Gasteiger partial charge is 0.140 e. The molecular weight excluding hydrogens is 202 g/mol. The van der Waals surface area contributed by atoms with Gasteiger partial charge < -0.3 is 10.0 Å². The average Bonchev–Trinajstić information content (AvgIpc) is 2.70. The van der Waals surface area contributed by atoms with Crippen molar-refractivity contribution in [2.45, 2.75) is 6.61 Å². The zero-order chi connectivity index (χ0) is 9.97. The summed E-state index contributed by atoms with van der Waals surface area (Å²) in [5.74, 6) is 0.720. The van der Waals surface area contributed by atoms with Crippen molar-refractivity contribution >= 4 is 17.4 Å². The number of rotatable bonds is 2. The molecule has 1 aromatic heterocycles. The summed E-state index contributed by atoms with van der Waals surface area (Å²) in [5, 5.41) is 9.47. The zero-order valence-corrected chi connectivity index (χ0v) is 8.28. The van der Waals surface area contributed by atoms with Gasteiger partial charge in [0.05, 0.1) is 12.2 Å². The van der Waals surface area contributed by atoms with Crippen LogP contribution in [0.25, 0.3) is 0 Å². The monoisotopic (exact) mass is 211 g/mol. The number of aliphatic hydroxyl groups excluding tert-OH is 1. The molecular formula is C9H10ClN3O. The second-order valence-corrected chi connectivity index (χ2v) is 3.36. The lowest BCUT2D eigenvalue weighted by atomic mass is 10.3. The second-order valence-electron chi connectivity index (χ2n) is 3.00. The van der Waals surface area contributed by atoms with Gasteiger partial charge >= 0.3 is 0 Å². The van der Waals surface area contributed by atoms with Crippen LogP contribution in [-0.4, -0.2) is 28.2 Å². The maximum Gasteiger partial charge on any atom is 0.140 e. The first kappa shape index (κ1) is 9.43. The number of anilines is 1. The molecule has 0 atom stereocenters. The van der Waals surface area contributed by atoms with Gasteiger partial charge in [0.25, 0.3) is 0 Å². The molecule has 1 aliphatic rings. The minimum atomic E-state index is -0.133. The van der Waals surface area contributed by atoms with Gasteiger partial charge in [0.2, 0.25) is 0 Å². The van der Waals surface area contributed by atoms with Crippen LogP contribution in [0.1, 0.15) is 5.56 Å². The summed E-state index contributed by atoms with van der Waals surface area (Å²) in [6, 6.07) is 0. The number of nitrogens with zero attached hydrogens (tertiary/aromatic N) is 3. The minimum Gasteiger partial charge on any atom is -0.391 e. The van der Waals surface area contributed by atoms with Gasteiger partial charge in [0, 0.05) is 13.1 Å². The average molecular weight is 212 g/mol. The molecule has 0 saturated carbocycles. The van der Waals surface area contributed by atoms with Gasteiger partial charge in [0.15, 0.2) is 0 Å². The molecule has 0 unspecified atom stereocenters.